The van der Waals surface area contributed by atoms with Crippen LogP contribution in [0, 0.1) is 0 Å². The lowest BCUT2D eigenvalue weighted by atomic mass is 9.83. The van der Waals surface area contributed by atoms with E-state index in [-0.39, 0.29) is 16.8 Å². The Morgan fingerprint density at radius 1 is 1.08 bits per heavy atom. The van der Waals surface area contributed by atoms with Crippen LogP contribution in [0.3, 0.4) is 0 Å². The van der Waals surface area contributed by atoms with Crippen molar-refractivity contribution in [1.82, 2.24) is 0 Å². The van der Waals surface area contributed by atoms with Crippen LogP contribution in [-0.4, -0.2) is 26.0 Å². The molecule has 1 aliphatic carbocycles. The molecule has 0 fully saturated rings. The molecule has 0 bridgehead atoms. The van der Waals surface area contributed by atoms with Gasteiger partial charge >= 0.3 is 0 Å². The standard InChI is InChI=1S/C19H17NO4S/c1-3-6-11(2)24-14-9-4-7-12-16(14)19(21)13-8-5-10-15-17(13)18(12)20-25(15,22)23/h4-5,7-11H,3,6H2,1-2H3. The van der Waals surface area contributed by atoms with Gasteiger partial charge in [0.25, 0.3) is 10.0 Å². The highest BCUT2D eigenvalue weighted by Gasteiger charge is 2.40. The van der Waals surface area contributed by atoms with E-state index < -0.39 is 10.0 Å². The molecule has 0 N–H and O–H groups in total. The summed E-state index contributed by atoms with van der Waals surface area (Å²) in [7, 11) is -3.77. The van der Waals surface area contributed by atoms with Gasteiger partial charge in [0.2, 0.25) is 0 Å². The van der Waals surface area contributed by atoms with E-state index in [1.807, 2.05) is 6.92 Å². The molecule has 1 aliphatic heterocycles. The first-order valence-corrected chi connectivity index (χ1v) is 9.71. The van der Waals surface area contributed by atoms with Gasteiger partial charge in [0.05, 0.1) is 22.3 Å². The lowest BCUT2D eigenvalue weighted by Crippen LogP contribution is -2.23. The third-order valence-corrected chi connectivity index (χ3v) is 5.85. The SMILES string of the molecule is CCCC(C)Oc1cccc2c1C(=O)c1cccc3c1C2=NS3(=O)=O. The maximum atomic E-state index is 13.1. The number of carbonyl (C=O) groups is 1. The summed E-state index contributed by atoms with van der Waals surface area (Å²) in [6, 6.07) is 9.96. The highest BCUT2D eigenvalue weighted by atomic mass is 32.2. The van der Waals surface area contributed by atoms with Crippen LogP contribution in [0.4, 0.5) is 0 Å². The summed E-state index contributed by atoms with van der Waals surface area (Å²) in [4.78, 5) is 13.2. The summed E-state index contributed by atoms with van der Waals surface area (Å²) in [5.74, 6) is 0.258. The van der Waals surface area contributed by atoms with Gasteiger partial charge < -0.3 is 4.74 Å². The average Bonchev–Trinajstić information content (AvgIpc) is 2.85. The fourth-order valence-corrected chi connectivity index (χ4v) is 4.70. The molecular formula is C19H17NO4S. The number of fused-ring (bicyclic) bond motifs is 2. The smallest absolute Gasteiger partial charge is 0.283 e. The summed E-state index contributed by atoms with van der Waals surface area (Å²) in [6.07, 6.45) is 1.81. The Balaban J connectivity index is 1.94. The zero-order chi connectivity index (χ0) is 17.8. The molecule has 0 spiro atoms. The van der Waals surface area contributed by atoms with Crippen molar-refractivity contribution in [3.8, 4) is 5.75 Å². The molecular weight excluding hydrogens is 338 g/mol. The molecule has 0 saturated heterocycles. The summed E-state index contributed by atoms with van der Waals surface area (Å²) in [6.45, 7) is 4.03. The van der Waals surface area contributed by atoms with Gasteiger partial charge in [-0.25, -0.2) is 0 Å². The molecule has 128 valence electrons. The summed E-state index contributed by atoms with van der Waals surface area (Å²) in [5.41, 5.74) is 2.04. The van der Waals surface area contributed by atoms with Gasteiger partial charge in [0.15, 0.2) is 5.78 Å². The summed E-state index contributed by atoms with van der Waals surface area (Å²) >= 11 is 0. The topological polar surface area (TPSA) is 72.8 Å². The largest absolute Gasteiger partial charge is 0.490 e. The zero-order valence-corrected chi connectivity index (χ0v) is 14.8. The Bertz CT molecular complexity index is 1040. The molecule has 2 aliphatic rings. The van der Waals surface area contributed by atoms with Crippen molar-refractivity contribution >= 4 is 21.5 Å². The molecule has 0 radical (unpaired) electrons. The molecule has 0 amide bonds. The highest BCUT2D eigenvalue weighted by molar-refractivity contribution is 7.90. The minimum absolute atomic E-state index is 0.0359. The lowest BCUT2D eigenvalue weighted by Gasteiger charge is -2.22. The van der Waals surface area contributed by atoms with Crippen LogP contribution >= 0.6 is 0 Å². The lowest BCUT2D eigenvalue weighted by molar-refractivity contribution is 0.103. The number of ether oxygens (including phenoxy) is 1. The first kappa shape index (κ1) is 16.0. The molecule has 5 nitrogen and oxygen atoms in total. The van der Waals surface area contributed by atoms with E-state index in [1.165, 1.54) is 6.07 Å². The second-order valence-electron chi connectivity index (χ2n) is 6.32. The number of nitrogens with zero attached hydrogens (tertiary/aromatic N) is 1. The maximum Gasteiger partial charge on any atom is 0.283 e. The third kappa shape index (κ3) is 2.32. The molecule has 4 rings (SSSR count). The highest BCUT2D eigenvalue weighted by Crippen LogP contribution is 2.40. The van der Waals surface area contributed by atoms with Crippen LogP contribution in [-0.2, 0) is 10.0 Å². The van der Waals surface area contributed by atoms with Crippen molar-refractivity contribution in [1.29, 1.82) is 0 Å². The van der Waals surface area contributed by atoms with Crippen molar-refractivity contribution in [3.05, 3.63) is 58.7 Å². The van der Waals surface area contributed by atoms with Crippen LogP contribution in [0.25, 0.3) is 0 Å². The van der Waals surface area contributed by atoms with Crippen molar-refractivity contribution < 1.29 is 17.9 Å². The van der Waals surface area contributed by atoms with Crippen LogP contribution in [0.15, 0.2) is 45.7 Å². The van der Waals surface area contributed by atoms with E-state index in [9.17, 15) is 13.2 Å². The molecule has 1 heterocycles. The number of ketones is 1. The molecule has 1 unspecified atom stereocenters. The Morgan fingerprint density at radius 3 is 2.56 bits per heavy atom. The number of rotatable bonds is 4. The van der Waals surface area contributed by atoms with E-state index >= 15 is 0 Å². The number of sulfonamides is 1. The molecule has 2 aromatic rings. The zero-order valence-electron chi connectivity index (χ0n) is 13.9. The number of benzene rings is 2. The first-order valence-electron chi connectivity index (χ1n) is 8.27. The Morgan fingerprint density at radius 2 is 1.80 bits per heavy atom. The number of hydrogen-bond acceptors (Lipinski definition) is 4. The van der Waals surface area contributed by atoms with Crippen molar-refractivity contribution in [3.63, 3.8) is 0 Å². The van der Waals surface area contributed by atoms with Crippen LogP contribution in [0.5, 0.6) is 5.75 Å². The van der Waals surface area contributed by atoms with E-state index in [2.05, 4.69) is 11.3 Å². The van der Waals surface area contributed by atoms with Gasteiger partial charge in [-0.3, -0.25) is 4.79 Å². The summed E-state index contributed by atoms with van der Waals surface area (Å²) in [5, 5.41) is 0. The minimum Gasteiger partial charge on any atom is -0.490 e. The predicted molar refractivity (Wildman–Crippen MR) is 94.1 cm³/mol. The fraction of sp³-hybridized carbons (Fsp3) is 0.263. The van der Waals surface area contributed by atoms with E-state index in [0.717, 1.165) is 12.8 Å². The van der Waals surface area contributed by atoms with Gasteiger partial charge in [0, 0.05) is 16.7 Å². The second kappa shape index (κ2) is 5.52. The van der Waals surface area contributed by atoms with Crippen LogP contribution < -0.4 is 4.74 Å². The monoisotopic (exact) mass is 355 g/mol. The number of carbonyl (C=O) groups excluding carboxylic acids is 1. The second-order valence-corrected chi connectivity index (χ2v) is 7.89. The third-order valence-electron chi connectivity index (χ3n) is 4.53. The quantitative estimate of drug-likeness (QED) is 0.719. The van der Waals surface area contributed by atoms with Gasteiger partial charge in [-0.05, 0) is 25.5 Å². The van der Waals surface area contributed by atoms with E-state index in [1.54, 1.807) is 30.3 Å². The van der Waals surface area contributed by atoms with Crippen molar-refractivity contribution in [2.45, 2.75) is 37.7 Å². The number of hydrogen-bond donors (Lipinski definition) is 0. The van der Waals surface area contributed by atoms with Gasteiger partial charge in [-0.15, -0.1) is 0 Å². The van der Waals surface area contributed by atoms with Gasteiger partial charge in [0.1, 0.15) is 5.75 Å². The normalized spacial score (nSPS) is 17.5. The predicted octanol–water partition coefficient (Wildman–Crippen LogP) is 3.34. The molecule has 1 atom stereocenters. The Kier molecular flexibility index (Phi) is 3.54. The van der Waals surface area contributed by atoms with Crippen LogP contribution in [0.2, 0.25) is 0 Å². The van der Waals surface area contributed by atoms with Crippen molar-refractivity contribution in [2.75, 3.05) is 0 Å². The van der Waals surface area contributed by atoms with Gasteiger partial charge in [-0.2, -0.15) is 12.8 Å². The molecule has 25 heavy (non-hydrogen) atoms. The fourth-order valence-electron chi connectivity index (χ4n) is 3.46. The van der Waals surface area contributed by atoms with E-state index in [0.29, 0.717) is 33.7 Å². The van der Waals surface area contributed by atoms with Crippen LogP contribution in [0.1, 0.15) is 53.7 Å². The molecule has 0 saturated carbocycles. The molecule has 0 aromatic heterocycles. The minimum atomic E-state index is -3.77. The van der Waals surface area contributed by atoms with E-state index in [4.69, 9.17) is 4.74 Å². The molecule has 2 aromatic carbocycles. The van der Waals surface area contributed by atoms with Gasteiger partial charge in [-0.1, -0.05) is 37.6 Å². The Hall–Kier alpha value is -2.47. The maximum absolute atomic E-state index is 13.1. The summed E-state index contributed by atoms with van der Waals surface area (Å²) < 4.78 is 34.6. The average molecular weight is 355 g/mol. The Labute approximate surface area is 146 Å². The molecule has 6 heteroatoms. The first-order chi connectivity index (χ1) is 11.9. The van der Waals surface area contributed by atoms with Crippen molar-refractivity contribution in [2.24, 2.45) is 4.40 Å².